The molecule has 156 valence electrons. The van der Waals surface area contributed by atoms with E-state index in [0.29, 0.717) is 24.5 Å². The third-order valence-electron chi connectivity index (χ3n) is 5.16. The number of carbonyl (C=O) groups excluding carboxylic acids is 1. The third-order valence-corrected chi connectivity index (χ3v) is 5.16. The second-order valence-electron chi connectivity index (χ2n) is 7.02. The van der Waals surface area contributed by atoms with Crippen LogP contribution in [0.4, 0.5) is 10.2 Å². The van der Waals surface area contributed by atoms with Crippen LogP contribution in [0.3, 0.4) is 0 Å². The van der Waals surface area contributed by atoms with Gasteiger partial charge in [-0.1, -0.05) is 0 Å². The minimum absolute atomic E-state index is 0.0248. The molecule has 1 aliphatic rings. The summed E-state index contributed by atoms with van der Waals surface area (Å²) < 4.78 is 26.7. The minimum Gasteiger partial charge on any atom is -0.497 e. The van der Waals surface area contributed by atoms with Gasteiger partial charge in [0.25, 0.3) is 0 Å². The molecule has 0 radical (unpaired) electrons. The van der Waals surface area contributed by atoms with Crippen molar-refractivity contribution in [2.24, 2.45) is 0 Å². The molecule has 0 N–H and O–H groups in total. The van der Waals surface area contributed by atoms with E-state index < -0.39 is 17.2 Å². The summed E-state index contributed by atoms with van der Waals surface area (Å²) in [6.07, 6.45) is 3.33. The fourth-order valence-corrected chi connectivity index (χ4v) is 3.66. The number of carbonyl (C=O) groups is 1. The highest BCUT2D eigenvalue weighted by atomic mass is 19.1. The Morgan fingerprint density at radius 2 is 1.90 bits per heavy atom. The zero-order valence-corrected chi connectivity index (χ0v) is 16.9. The molecule has 0 spiro atoms. The summed E-state index contributed by atoms with van der Waals surface area (Å²) in [6, 6.07) is 8.24. The number of hydrogen-bond acceptors (Lipinski definition) is 6. The molecule has 8 heteroatoms. The van der Waals surface area contributed by atoms with Crippen LogP contribution in [-0.2, 0) is 4.74 Å². The van der Waals surface area contributed by atoms with Gasteiger partial charge in [-0.3, -0.25) is 4.79 Å². The molecule has 0 saturated carbocycles. The first-order chi connectivity index (χ1) is 14.5. The predicted molar refractivity (Wildman–Crippen MR) is 111 cm³/mol. The van der Waals surface area contributed by atoms with E-state index in [4.69, 9.17) is 9.47 Å². The number of ether oxygens (including phenoxy) is 2. The molecule has 30 heavy (non-hydrogen) atoms. The Labute approximate surface area is 172 Å². The first kappa shape index (κ1) is 19.9. The lowest BCUT2D eigenvalue weighted by atomic mass is 10.1. The van der Waals surface area contributed by atoms with E-state index >= 15 is 0 Å². The summed E-state index contributed by atoms with van der Waals surface area (Å²) in [7, 11) is 1.56. The lowest BCUT2D eigenvalue weighted by molar-refractivity contribution is 0.0524. The van der Waals surface area contributed by atoms with Crippen LogP contribution in [0.1, 0.15) is 30.1 Å². The van der Waals surface area contributed by atoms with Crippen molar-refractivity contribution < 1.29 is 18.7 Å². The molecule has 3 heterocycles. The number of rotatable bonds is 5. The second-order valence-corrected chi connectivity index (χ2v) is 7.02. The molecule has 1 aliphatic heterocycles. The Bertz CT molecular complexity index is 1150. The fraction of sp³-hybridized carbons (Fsp3) is 0.318. The van der Waals surface area contributed by atoms with E-state index in [1.54, 1.807) is 42.9 Å². The van der Waals surface area contributed by atoms with Crippen molar-refractivity contribution >= 4 is 22.8 Å². The molecule has 3 aromatic rings. The monoisotopic (exact) mass is 411 g/mol. The molecule has 0 bridgehead atoms. The molecule has 1 fully saturated rings. The summed E-state index contributed by atoms with van der Waals surface area (Å²) in [6.45, 7) is 3.20. The van der Waals surface area contributed by atoms with Crippen molar-refractivity contribution in [2.75, 3.05) is 31.7 Å². The third kappa shape index (κ3) is 3.49. The van der Waals surface area contributed by atoms with Crippen molar-refractivity contribution in [2.45, 2.75) is 19.8 Å². The van der Waals surface area contributed by atoms with Gasteiger partial charge in [0.2, 0.25) is 5.43 Å². The number of nitrogens with zero attached hydrogens (tertiary/aromatic N) is 3. The summed E-state index contributed by atoms with van der Waals surface area (Å²) >= 11 is 0. The summed E-state index contributed by atoms with van der Waals surface area (Å²) in [4.78, 5) is 31.7. The van der Waals surface area contributed by atoms with Crippen molar-refractivity contribution in [1.82, 2.24) is 9.55 Å². The molecule has 0 atom stereocenters. The van der Waals surface area contributed by atoms with Gasteiger partial charge in [-0.2, -0.15) is 0 Å². The SMILES string of the molecule is CCOC(=O)c1cn(-c2ccc(OC)cc2)c2nc(N3CCCC3)c(F)cc2c1=O. The first-order valence-corrected chi connectivity index (χ1v) is 9.86. The van der Waals surface area contributed by atoms with Gasteiger partial charge in [0.1, 0.15) is 11.3 Å². The molecule has 0 amide bonds. The Morgan fingerprint density at radius 3 is 2.53 bits per heavy atom. The maximum atomic E-state index is 14.9. The van der Waals surface area contributed by atoms with Crippen LogP contribution in [0.15, 0.2) is 41.3 Å². The number of fused-ring (bicyclic) bond motifs is 1. The average molecular weight is 411 g/mol. The molecule has 7 nitrogen and oxygen atoms in total. The zero-order valence-electron chi connectivity index (χ0n) is 16.9. The average Bonchev–Trinajstić information content (AvgIpc) is 3.29. The Morgan fingerprint density at radius 1 is 1.20 bits per heavy atom. The van der Waals surface area contributed by atoms with Gasteiger partial charge in [0.05, 0.1) is 19.1 Å². The molecule has 1 saturated heterocycles. The molecule has 4 rings (SSSR count). The van der Waals surface area contributed by atoms with Gasteiger partial charge in [-0.25, -0.2) is 14.2 Å². The number of hydrogen-bond donors (Lipinski definition) is 0. The molecular weight excluding hydrogens is 389 g/mol. The quantitative estimate of drug-likeness (QED) is 0.600. The first-order valence-electron chi connectivity index (χ1n) is 9.86. The van der Waals surface area contributed by atoms with Crippen molar-refractivity contribution in [3.05, 3.63) is 58.1 Å². The second kappa shape index (κ2) is 8.14. The van der Waals surface area contributed by atoms with E-state index in [1.165, 1.54) is 12.3 Å². The number of methoxy groups -OCH3 is 1. The lowest BCUT2D eigenvalue weighted by Crippen LogP contribution is -2.24. The van der Waals surface area contributed by atoms with Crippen LogP contribution in [0, 0.1) is 5.82 Å². The number of halogens is 1. The molecule has 0 aliphatic carbocycles. The van der Waals surface area contributed by atoms with Crippen LogP contribution in [0.5, 0.6) is 5.75 Å². The molecular formula is C22H22FN3O4. The highest BCUT2D eigenvalue weighted by Gasteiger charge is 2.23. The molecule has 0 unspecified atom stereocenters. The van der Waals surface area contributed by atoms with E-state index in [2.05, 4.69) is 4.98 Å². The van der Waals surface area contributed by atoms with Crippen LogP contribution in [0.2, 0.25) is 0 Å². The highest BCUT2D eigenvalue weighted by Crippen LogP contribution is 2.26. The largest absolute Gasteiger partial charge is 0.497 e. The summed E-state index contributed by atoms with van der Waals surface area (Å²) in [5, 5.41) is 0.0248. The van der Waals surface area contributed by atoms with Gasteiger partial charge in [-0.05, 0) is 50.1 Å². The Balaban J connectivity index is 1.99. The van der Waals surface area contributed by atoms with Crippen LogP contribution < -0.4 is 15.1 Å². The van der Waals surface area contributed by atoms with Gasteiger partial charge in [0.15, 0.2) is 17.3 Å². The van der Waals surface area contributed by atoms with Crippen molar-refractivity contribution in [3.8, 4) is 11.4 Å². The zero-order chi connectivity index (χ0) is 21.3. The number of benzene rings is 1. The smallest absolute Gasteiger partial charge is 0.343 e. The number of aromatic nitrogens is 2. The molecule has 1 aromatic carbocycles. The molecule has 2 aromatic heterocycles. The van der Waals surface area contributed by atoms with E-state index in [9.17, 15) is 14.0 Å². The summed E-state index contributed by atoms with van der Waals surface area (Å²) in [5.74, 6) is -0.462. The minimum atomic E-state index is -0.754. The van der Waals surface area contributed by atoms with Gasteiger partial charge in [-0.15, -0.1) is 0 Å². The van der Waals surface area contributed by atoms with Crippen LogP contribution in [0.25, 0.3) is 16.7 Å². The highest BCUT2D eigenvalue weighted by molar-refractivity contribution is 5.93. The van der Waals surface area contributed by atoms with Crippen molar-refractivity contribution in [1.29, 1.82) is 0 Å². The van der Waals surface area contributed by atoms with Crippen LogP contribution in [-0.4, -0.2) is 42.3 Å². The lowest BCUT2D eigenvalue weighted by Gasteiger charge is -2.19. The predicted octanol–water partition coefficient (Wildman–Crippen LogP) is 3.31. The van der Waals surface area contributed by atoms with Gasteiger partial charge >= 0.3 is 5.97 Å². The maximum absolute atomic E-state index is 14.9. The maximum Gasteiger partial charge on any atom is 0.343 e. The van der Waals surface area contributed by atoms with Gasteiger partial charge in [0, 0.05) is 25.0 Å². The van der Waals surface area contributed by atoms with Gasteiger partial charge < -0.3 is 18.9 Å². The van der Waals surface area contributed by atoms with E-state index in [1.807, 2.05) is 4.90 Å². The van der Waals surface area contributed by atoms with E-state index in [0.717, 1.165) is 12.8 Å². The topological polar surface area (TPSA) is 73.7 Å². The normalized spacial score (nSPS) is 13.6. The standard InChI is InChI=1S/C22H22FN3O4/c1-3-30-22(28)17-13-26(14-6-8-15(29-2)9-7-14)20-16(19(17)27)12-18(23)21(24-20)25-10-4-5-11-25/h6-9,12-13H,3-5,10-11H2,1-2H3. The number of pyridine rings is 2. The Kier molecular flexibility index (Phi) is 5.39. The van der Waals surface area contributed by atoms with Crippen LogP contribution >= 0.6 is 0 Å². The number of esters is 1. The van der Waals surface area contributed by atoms with Crippen molar-refractivity contribution in [3.63, 3.8) is 0 Å². The number of anilines is 1. The Hall–Kier alpha value is -3.42. The van der Waals surface area contributed by atoms with E-state index in [-0.39, 0.29) is 29.0 Å². The fourth-order valence-electron chi connectivity index (χ4n) is 3.66. The summed E-state index contributed by atoms with van der Waals surface area (Å²) in [5.41, 5.74) is 0.155.